The number of aromatic nitrogens is 3. The number of hydrogen-bond donors (Lipinski definition) is 1. The molecular formula is C20H30N4O2S. The summed E-state index contributed by atoms with van der Waals surface area (Å²) in [6.45, 7) is 4.70. The number of benzene rings is 1. The Morgan fingerprint density at radius 3 is 2.70 bits per heavy atom. The van der Waals surface area contributed by atoms with E-state index in [1.54, 1.807) is 0 Å². The Balaban J connectivity index is 1.82. The summed E-state index contributed by atoms with van der Waals surface area (Å²) in [5, 5.41) is 12.2. The van der Waals surface area contributed by atoms with Crippen LogP contribution in [0.15, 0.2) is 29.4 Å². The van der Waals surface area contributed by atoms with Gasteiger partial charge in [0.25, 0.3) is 0 Å². The van der Waals surface area contributed by atoms with Gasteiger partial charge in [0.2, 0.25) is 5.91 Å². The van der Waals surface area contributed by atoms with E-state index in [9.17, 15) is 4.79 Å². The molecule has 0 aliphatic rings. The van der Waals surface area contributed by atoms with Gasteiger partial charge in [0.15, 0.2) is 5.16 Å². The molecule has 0 unspecified atom stereocenters. The van der Waals surface area contributed by atoms with E-state index in [1.807, 2.05) is 42.8 Å². The van der Waals surface area contributed by atoms with Crippen LogP contribution in [-0.2, 0) is 18.3 Å². The summed E-state index contributed by atoms with van der Waals surface area (Å²) in [5.41, 5.74) is 0.690. The first-order valence-corrected chi connectivity index (χ1v) is 10.7. The summed E-state index contributed by atoms with van der Waals surface area (Å²) in [6.07, 6.45) is 7.11. The second-order valence-corrected chi connectivity index (χ2v) is 7.33. The van der Waals surface area contributed by atoms with Gasteiger partial charge in [-0.3, -0.25) is 4.79 Å². The van der Waals surface area contributed by atoms with Crippen LogP contribution in [0.25, 0.3) is 0 Å². The Hall–Kier alpha value is -2.02. The van der Waals surface area contributed by atoms with Gasteiger partial charge in [0.05, 0.1) is 18.0 Å². The molecule has 1 aromatic heterocycles. The molecule has 1 N–H and O–H groups in total. The van der Waals surface area contributed by atoms with Crippen LogP contribution in [0.3, 0.4) is 0 Å². The molecule has 0 radical (unpaired) electrons. The van der Waals surface area contributed by atoms with Gasteiger partial charge in [-0.05, 0) is 25.5 Å². The molecule has 0 aliphatic heterocycles. The van der Waals surface area contributed by atoms with Crippen LogP contribution in [0.5, 0.6) is 5.75 Å². The predicted molar refractivity (Wildman–Crippen MR) is 110 cm³/mol. The maximum Gasteiger partial charge on any atom is 0.234 e. The fourth-order valence-corrected chi connectivity index (χ4v) is 3.47. The van der Waals surface area contributed by atoms with Crippen LogP contribution in [0.2, 0.25) is 0 Å². The lowest BCUT2D eigenvalue weighted by atomic mass is 10.1. The fourth-order valence-electron chi connectivity index (χ4n) is 2.74. The molecule has 6 nitrogen and oxygen atoms in total. The van der Waals surface area contributed by atoms with Gasteiger partial charge in [-0.1, -0.05) is 56.5 Å². The minimum absolute atomic E-state index is 0.0868. The zero-order valence-corrected chi connectivity index (χ0v) is 17.3. The van der Waals surface area contributed by atoms with Crippen molar-refractivity contribution in [2.45, 2.75) is 57.5 Å². The Labute approximate surface area is 166 Å². The van der Waals surface area contributed by atoms with Crippen LogP contribution in [0.1, 0.15) is 51.8 Å². The number of hydrogen-bond acceptors (Lipinski definition) is 5. The van der Waals surface area contributed by atoms with Gasteiger partial charge >= 0.3 is 0 Å². The van der Waals surface area contributed by atoms with Gasteiger partial charge in [-0.2, -0.15) is 0 Å². The molecule has 1 heterocycles. The van der Waals surface area contributed by atoms with E-state index in [0.717, 1.165) is 23.8 Å². The van der Waals surface area contributed by atoms with Crippen LogP contribution < -0.4 is 10.1 Å². The first-order valence-electron chi connectivity index (χ1n) is 9.68. The third-order valence-electron chi connectivity index (χ3n) is 4.22. The largest absolute Gasteiger partial charge is 0.492 e. The van der Waals surface area contributed by atoms with E-state index in [1.165, 1.54) is 37.4 Å². The molecule has 2 aromatic rings. The Kier molecular flexibility index (Phi) is 9.18. The third-order valence-corrected chi connectivity index (χ3v) is 5.24. The van der Waals surface area contributed by atoms with Crippen LogP contribution in [0, 0.1) is 0 Å². The average Bonchev–Trinajstić information content (AvgIpc) is 3.01. The molecular weight excluding hydrogens is 360 g/mol. The van der Waals surface area contributed by atoms with E-state index in [0.29, 0.717) is 18.0 Å². The predicted octanol–water partition coefficient (Wildman–Crippen LogP) is 4.46. The molecule has 0 bridgehead atoms. The molecule has 0 fully saturated rings. The topological polar surface area (TPSA) is 69.0 Å². The summed E-state index contributed by atoms with van der Waals surface area (Å²) in [5.74, 6) is 1.86. The summed E-state index contributed by atoms with van der Waals surface area (Å²) in [7, 11) is 1.96. The van der Waals surface area contributed by atoms with Crippen LogP contribution in [0.4, 0.5) is 5.69 Å². The third kappa shape index (κ3) is 6.90. The number of carbonyl (C=O) groups is 1. The number of unbranched alkanes of at least 4 members (excludes halogenated alkanes) is 4. The quantitative estimate of drug-likeness (QED) is 0.428. The number of nitrogens with zero attached hydrogens (tertiary/aromatic N) is 3. The van der Waals surface area contributed by atoms with Crippen molar-refractivity contribution in [3.63, 3.8) is 0 Å². The minimum atomic E-state index is -0.0868. The van der Waals surface area contributed by atoms with Crippen molar-refractivity contribution in [1.29, 1.82) is 0 Å². The minimum Gasteiger partial charge on any atom is -0.492 e. The highest BCUT2D eigenvalue weighted by atomic mass is 32.2. The number of ether oxygens (including phenoxy) is 1. The number of aryl methyl sites for hydroxylation is 1. The molecule has 1 aromatic carbocycles. The molecule has 0 saturated carbocycles. The van der Waals surface area contributed by atoms with Crippen molar-refractivity contribution < 1.29 is 9.53 Å². The number of carbonyl (C=O) groups excluding carboxylic acids is 1. The lowest BCUT2D eigenvalue weighted by Crippen LogP contribution is -2.15. The normalized spacial score (nSPS) is 10.8. The van der Waals surface area contributed by atoms with Gasteiger partial charge < -0.3 is 14.6 Å². The summed E-state index contributed by atoms with van der Waals surface area (Å²) in [6, 6.07) is 7.45. The molecule has 0 aliphatic carbocycles. The number of amides is 1. The first-order chi connectivity index (χ1) is 13.2. The van der Waals surface area contributed by atoms with Crippen molar-refractivity contribution >= 4 is 23.4 Å². The van der Waals surface area contributed by atoms with Gasteiger partial charge in [-0.25, -0.2) is 0 Å². The van der Waals surface area contributed by atoms with E-state index in [-0.39, 0.29) is 11.7 Å². The Morgan fingerprint density at radius 2 is 1.93 bits per heavy atom. The number of rotatable bonds is 12. The van der Waals surface area contributed by atoms with Crippen molar-refractivity contribution in [3.05, 3.63) is 30.1 Å². The Bertz CT molecular complexity index is 718. The smallest absolute Gasteiger partial charge is 0.234 e. The highest BCUT2D eigenvalue weighted by Crippen LogP contribution is 2.24. The molecule has 0 spiro atoms. The van der Waals surface area contributed by atoms with E-state index in [2.05, 4.69) is 22.4 Å². The van der Waals surface area contributed by atoms with Crippen molar-refractivity contribution in [3.8, 4) is 5.75 Å². The number of nitrogens with one attached hydrogen (secondary N) is 1. The van der Waals surface area contributed by atoms with Crippen molar-refractivity contribution in [1.82, 2.24) is 14.8 Å². The fraction of sp³-hybridized carbons (Fsp3) is 0.550. The van der Waals surface area contributed by atoms with Gasteiger partial charge in [0.1, 0.15) is 11.6 Å². The van der Waals surface area contributed by atoms with Crippen LogP contribution in [-0.4, -0.2) is 33.0 Å². The molecule has 2 rings (SSSR count). The van der Waals surface area contributed by atoms with Gasteiger partial charge in [0, 0.05) is 13.5 Å². The number of anilines is 1. The zero-order chi connectivity index (χ0) is 19.5. The standard InChI is InChI=1S/C20H30N4O2S/c1-4-6-7-8-9-14-18-22-23-20(24(18)3)27-15-19(25)21-16-12-10-11-13-17(16)26-5-2/h10-13H,4-9,14-15H2,1-3H3,(H,21,25). The van der Waals surface area contributed by atoms with Gasteiger partial charge in [-0.15, -0.1) is 10.2 Å². The lowest BCUT2D eigenvalue weighted by Gasteiger charge is -2.11. The lowest BCUT2D eigenvalue weighted by molar-refractivity contribution is -0.113. The van der Waals surface area contributed by atoms with E-state index < -0.39 is 0 Å². The second kappa shape index (κ2) is 11.6. The summed E-state index contributed by atoms with van der Waals surface area (Å²) < 4.78 is 7.53. The zero-order valence-electron chi connectivity index (χ0n) is 16.5. The number of para-hydroxylation sites is 2. The van der Waals surface area contributed by atoms with E-state index >= 15 is 0 Å². The molecule has 7 heteroatoms. The molecule has 1 amide bonds. The highest BCUT2D eigenvalue weighted by molar-refractivity contribution is 7.99. The number of thioether (sulfide) groups is 1. The molecule has 148 valence electrons. The Morgan fingerprint density at radius 1 is 1.15 bits per heavy atom. The highest BCUT2D eigenvalue weighted by Gasteiger charge is 2.12. The van der Waals surface area contributed by atoms with Crippen molar-refractivity contribution in [2.75, 3.05) is 17.7 Å². The summed E-state index contributed by atoms with van der Waals surface area (Å²) >= 11 is 1.40. The van der Waals surface area contributed by atoms with E-state index in [4.69, 9.17) is 4.74 Å². The summed E-state index contributed by atoms with van der Waals surface area (Å²) in [4.78, 5) is 12.3. The average molecular weight is 391 g/mol. The first kappa shape index (κ1) is 21.3. The molecule has 27 heavy (non-hydrogen) atoms. The monoisotopic (exact) mass is 390 g/mol. The molecule has 0 atom stereocenters. The maximum atomic E-state index is 12.3. The molecule has 0 saturated heterocycles. The van der Waals surface area contributed by atoms with Crippen molar-refractivity contribution in [2.24, 2.45) is 7.05 Å². The van der Waals surface area contributed by atoms with Crippen LogP contribution >= 0.6 is 11.8 Å². The maximum absolute atomic E-state index is 12.3. The second-order valence-electron chi connectivity index (χ2n) is 6.39. The SMILES string of the molecule is CCCCCCCc1nnc(SCC(=O)Nc2ccccc2OCC)n1C.